The number of carbonyl (C=O) groups excluding carboxylic acids is 2. The fourth-order valence-electron chi connectivity index (χ4n) is 4.88. The topological polar surface area (TPSA) is 192 Å². The van der Waals surface area contributed by atoms with Crippen LogP contribution in [0.2, 0.25) is 0 Å². The highest BCUT2D eigenvalue weighted by atomic mass is 79.9. The highest BCUT2D eigenvalue weighted by Crippen LogP contribution is 2.21. The minimum atomic E-state index is -1.35. The van der Waals surface area contributed by atoms with E-state index in [1.165, 1.54) is 5.56 Å². The SMILES string of the molecule is CC(C)(C)OC(=O)N[C@@H](Cc1ccc(Br)cc1)C(=O)O.Cc1cccc(-c2ccc(C[C@H](NC(=O)OC(C)(C)C)C(=O)O)cc2)c1.Cc1cccc(B(O)O)c1. The van der Waals surface area contributed by atoms with Crippen molar-refractivity contribution in [2.24, 2.45) is 0 Å². The number of alkyl carbamates (subject to hydrolysis) is 2. The van der Waals surface area contributed by atoms with E-state index in [4.69, 9.17) is 24.6 Å². The van der Waals surface area contributed by atoms with Crippen molar-refractivity contribution in [3.63, 3.8) is 0 Å². The number of benzene rings is 4. The number of ether oxygens (including phenoxy) is 2. The van der Waals surface area contributed by atoms with Gasteiger partial charge in [-0.15, -0.1) is 0 Å². The zero-order valence-corrected chi connectivity index (χ0v) is 34.6. The number of aryl methyl sites for hydroxylation is 2. The first kappa shape index (κ1) is 47.0. The molecule has 0 heterocycles. The van der Waals surface area contributed by atoms with Crippen LogP contribution in [0.4, 0.5) is 9.59 Å². The molecule has 0 radical (unpaired) electrons. The number of aliphatic carboxylic acids is 2. The van der Waals surface area contributed by atoms with Crippen molar-refractivity contribution in [3.05, 3.63) is 124 Å². The number of halogens is 1. The molecule has 0 fully saturated rings. The fourth-order valence-corrected chi connectivity index (χ4v) is 5.14. The predicted molar refractivity (Wildman–Crippen MR) is 221 cm³/mol. The summed E-state index contributed by atoms with van der Waals surface area (Å²) in [6, 6.07) is 28.1. The summed E-state index contributed by atoms with van der Waals surface area (Å²) in [6.07, 6.45) is -1.09. The molecule has 4 aromatic rings. The number of amides is 2. The van der Waals surface area contributed by atoms with Crippen LogP contribution in [0, 0.1) is 13.8 Å². The van der Waals surface area contributed by atoms with Gasteiger partial charge in [0, 0.05) is 17.3 Å². The molecule has 0 aliphatic rings. The minimum Gasteiger partial charge on any atom is -0.480 e. The second-order valence-corrected chi connectivity index (χ2v) is 15.9. The molecule has 0 aromatic heterocycles. The highest BCUT2D eigenvalue weighted by molar-refractivity contribution is 9.10. The molecular formula is C42H52BBrN2O10. The molecule has 0 aliphatic carbocycles. The van der Waals surface area contributed by atoms with E-state index in [0.717, 1.165) is 32.3 Å². The van der Waals surface area contributed by atoms with Crippen LogP contribution in [0.5, 0.6) is 0 Å². The lowest BCUT2D eigenvalue weighted by Gasteiger charge is -2.22. The maximum atomic E-state index is 11.8. The highest BCUT2D eigenvalue weighted by Gasteiger charge is 2.25. The lowest BCUT2D eigenvalue weighted by Crippen LogP contribution is -2.44. The lowest BCUT2D eigenvalue weighted by molar-refractivity contribution is -0.140. The molecule has 2 amide bonds. The molecule has 14 heteroatoms. The van der Waals surface area contributed by atoms with Gasteiger partial charge < -0.3 is 40.4 Å². The first-order valence-corrected chi connectivity index (χ1v) is 18.6. The van der Waals surface area contributed by atoms with Gasteiger partial charge in [-0.3, -0.25) is 0 Å². The standard InChI is InChI=1S/C21H25NO4.C14H18BrNO4.C7H9BO2/c1-14-6-5-7-17(12-14)16-10-8-15(9-11-16)13-18(19(23)24)22-20(25)26-21(2,3)4;1-14(2,3)20-13(19)16-11(12(17)18)8-9-4-6-10(15)7-5-9;1-6-3-2-4-7(5-6)8(9)10/h5-12,18H,13H2,1-4H3,(H,22,25)(H,23,24);4-7,11H,8H2,1-3H3,(H,16,19)(H,17,18);2-5,9-10H,1H3/t18-;11-;/m00./s1. The Kier molecular flexibility index (Phi) is 18.3. The van der Waals surface area contributed by atoms with Crippen LogP contribution in [0.15, 0.2) is 102 Å². The van der Waals surface area contributed by atoms with Gasteiger partial charge in [-0.1, -0.05) is 112 Å². The van der Waals surface area contributed by atoms with Crippen LogP contribution in [0.1, 0.15) is 63.8 Å². The molecule has 12 nitrogen and oxygen atoms in total. The molecular weight excluding hydrogens is 783 g/mol. The van der Waals surface area contributed by atoms with Crippen LogP contribution < -0.4 is 16.1 Å². The Bertz CT molecular complexity index is 1890. The van der Waals surface area contributed by atoms with Gasteiger partial charge in [0.25, 0.3) is 0 Å². The summed E-state index contributed by atoms with van der Waals surface area (Å²) < 4.78 is 11.1. The molecule has 0 bridgehead atoms. The van der Waals surface area contributed by atoms with Crippen LogP contribution >= 0.6 is 15.9 Å². The Balaban J connectivity index is 0.000000318. The van der Waals surface area contributed by atoms with E-state index in [1.54, 1.807) is 71.9 Å². The third-order valence-corrected chi connectivity index (χ3v) is 7.95. The van der Waals surface area contributed by atoms with E-state index in [9.17, 15) is 24.3 Å². The smallest absolute Gasteiger partial charge is 0.480 e. The number of hydrogen-bond acceptors (Lipinski definition) is 8. The van der Waals surface area contributed by atoms with Crippen LogP contribution in [0.3, 0.4) is 0 Å². The van der Waals surface area contributed by atoms with Crippen molar-refractivity contribution >= 4 is 52.6 Å². The Morgan fingerprint density at radius 2 is 1.04 bits per heavy atom. The predicted octanol–water partition coefficient (Wildman–Crippen LogP) is 6.83. The molecule has 0 unspecified atom stereocenters. The van der Waals surface area contributed by atoms with Gasteiger partial charge in [-0.05, 0) is 95.2 Å². The molecule has 4 rings (SSSR count). The van der Waals surface area contributed by atoms with E-state index < -0.39 is 54.5 Å². The lowest BCUT2D eigenvalue weighted by atomic mass is 9.80. The van der Waals surface area contributed by atoms with Crippen molar-refractivity contribution in [1.29, 1.82) is 0 Å². The third kappa shape index (κ3) is 18.9. The van der Waals surface area contributed by atoms with Gasteiger partial charge in [0.2, 0.25) is 0 Å². The van der Waals surface area contributed by atoms with Gasteiger partial charge >= 0.3 is 31.2 Å². The summed E-state index contributed by atoms with van der Waals surface area (Å²) in [6.45, 7) is 14.3. The number of carboxylic acids is 2. The van der Waals surface area contributed by atoms with E-state index in [2.05, 4.69) is 32.6 Å². The fraction of sp³-hybridized carbons (Fsp3) is 0.333. The normalized spacial score (nSPS) is 11.9. The Morgan fingerprint density at radius 3 is 1.39 bits per heavy atom. The van der Waals surface area contributed by atoms with Gasteiger partial charge in [0.15, 0.2) is 0 Å². The zero-order chi connectivity index (χ0) is 42.2. The van der Waals surface area contributed by atoms with E-state index in [1.807, 2.05) is 74.5 Å². The maximum Gasteiger partial charge on any atom is 0.488 e. The van der Waals surface area contributed by atoms with Crippen molar-refractivity contribution in [3.8, 4) is 11.1 Å². The summed E-state index contributed by atoms with van der Waals surface area (Å²) in [7, 11) is -1.35. The third-order valence-electron chi connectivity index (χ3n) is 7.42. The Morgan fingerprint density at radius 1 is 0.625 bits per heavy atom. The molecule has 0 saturated heterocycles. The maximum absolute atomic E-state index is 11.8. The molecule has 2 atom stereocenters. The first-order chi connectivity index (χ1) is 26.0. The van der Waals surface area contributed by atoms with Crippen molar-refractivity contribution in [1.82, 2.24) is 10.6 Å². The molecule has 0 spiro atoms. The van der Waals surface area contributed by atoms with Crippen molar-refractivity contribution in [2.75, 3.05) is 0 Å². The van der Waals surface area contributed by atoms with E-state index in [-0.39, 0.29) is 12.8 Å². The molecule has 56 heavy (non-hydrogen) atoms. The largest absolute Gasteiger partial charge is 0.488 e. The first-order valence-electron chi connectivity index (χ1n) is 17.8. The van der Waals surface area contributed by atoms with Gasteiger partial charge in [0.1, 0.15) is 23.3 Å². The summed E-state index contributed by atoms with van der Waals surface area (Å²) >= 11 is 3.31. The van der Waals surface area contributed by atoms with Gasteiger partial charge in [0.05, 0.1) is 0 Å². The summed E-state index contributed by atoms with van der Waals surface area (Å²) in [5.74, 6) is -2.20. The summed E-state index contributed by atoms with van der Waals surface area (Å²) in [5, 5.41) is 40.7. The molecule has 0 saturated carbocycles. The number of hydrogen-bond donors (Lipinski definition) is 6. The van der Waals surface area contributed by atoms with Crippen molar-refractivity contribution in [2.45, 2.75) is 91.5 Å². The van der Waals surface area contributed by atoms with Crippen LogP contribution in [-0.2, 0) is 31.9 Å². The second kappa shape index (κ2) is 21.8. The molecule has 300 valence electrons. The number of nitrogens with one attached hydrogen (secondary N) is 2. The molecule has 0 aliphatic heterocycles. The van der Waals surface area contributed by atoms with Crippen molar-refractivity contribution < 1.29 is 48.9 Å². The van der Waals surface area contributed by atoms with Gasteiger partial charge in [-0.25, -0.2) is 19.2 Å². The number of carbonyl (C=O) groups is 4. The quantitative estimate of drug-likeness (QED) is 0.0924. The monoisotopic (exact) mass is 834 g/mol. The molecule has 4 aromatic carbocycles. The zero-order valence-electron chi connectivity index (χ0n) is 33.0. The van der Waals surface area contributed by atoms with Gasteiger partial charge in [-0.2, -0.15) is 0 Å². The Labute approximate surface area is 337 Å². The number of rotatable bonds is 10. The summed E-state index contributed by atoms with van der Waals surface area (Å²) in [5.41, 5.74) is 5.22. The minimum absolute atomic E-state index is 0.183. The van der Waals surface area contributed by atoms with E-state index in [0.29, 0.717) is 5.46 Å². The van der Waals surface area contributed by atoms with Crippen LogP contribution in [-0.4, -0.2) is 74.8 Å². The average molecular weight is 836 g/mol. The van der Waals surface area contributed by atoms with E-state index >= 15 is 0 Å². The average Bonchev–Trinajstić information content (AvgIpc) is 3.08. The van der Waals surface area contributed by atoms with Crippen LogP contribution in [0.25, 0.3) is 11.1 Å². The number of carboxylic acid groups (broad SMARTS) is 2. The Hall–Kier alpha value is -5.18. The molecule has 6 N–H and O–H groups in total. The second-order valence-electron chi connectivity index (χ2n) is 15.0. The summed E-state index contributed by atoms with van der Waals surface area (Å²) in [4.78, 5) is 46.1.